The highest BCUT2D eigenvalue weighted by Crippen LogP contribution is 2.23. The number of aliphatic hydroxyl groups excluding tert-OH is 1. The minimum absolute atomic E-state index is 0.0816. The minimum atomic E-state index is -0.757. The Hall–Kier alpha value is -2.52. The molecule has 1 aromatic carbocycles. The van der Waals surface area contributed by atoms with Crippen molar-refractivity contribution in [2.45, 2.75) is 57.9 Å². The Balaban J connectivity index is 2.06. The number of ether oxygens (including phenoxy) is 1. The molecule has 1 fully saturated rings. The van der Waals surface area contributed by atoms with Crippen molar-refractivity contribution in [2.24, 2.45) is 0 Å². The highest BCUT2D eigenvalue weighted by Gasteiger charge is 2.41. The van der Waals surface area contributed by atoms with Gasteiger partial charge in [-0.15, -0.1) is 6.42 Å². The van der Waals surface area contributed by atoms with Gasteiger partial charge in [0.25, 0.3) is 0 Å². The van der Waals surface area contributed by atoms with Gasteiger partial charge in [0.2, 0.25) is 5.91 Å². The zero-order valence-electron chi connectivity index (χ0n) is 15.7. The van der Waals surface area contributed by atoms with Crippen LogP contribution < -0.4 is 5.32 Å². The molecule has 0 radical (unpaired) electrons. The van der Waals surface area contributed by atoms with E-state index in [1.54, 1.807) is 20.8 Å². The van der Waals surface area contributed by atoms with Gasteiger partial charge in [-0.3, -0.25) is 9.69 Å². The number of aliphatic hydroxyl groups is 1. The van der Waals surface area contributed by atoms with Crippen molar-refractivity contribution >= 4 is 12.0 Å². The fourth-order valence-corrected chi connectivity index (χ4v) is 2.85. The number of terminal acetylenes is 1. The third-order valence-electron chi connectivity index (χ3n) is 4.15. The van der Waals surface area contributed by atoms with Crippen LogP contribution in [0.5, 0.6) is 0 Å². The number of benzene rings is 1. The first-order valence-corrected chi connectivity index (χ1v) is 8.65. The smallest absolute Gasteiger partial charge is 0.411 e. The summed E-state index contributed by atoms with van der Waals surface area (Å²) < 4.78 is 5.34. The molecule has 0 bridgehead atoms. The van der Waals surface area contributed by atoms with Crippen LogP contribution in [-0.2, 0) is 9.53 Å². The Labute approximate surface area is 154 Å². The van der Waals surface area contributed by atoms with Crippen molar-refractivity contribution in [3.63, 3.8) is 0 Å². The Morgan fingerprint density at radius 3 is 2.50 bits per heavy atom. The Morgan fingerprint density at radius 1 is 1.35 bits per heavy atom. The topological polar surface area (TPSA) is 78.9 Å². The third-order valence-corrected chi connectivity index (χ3v) is 4.15. The molecule has 6 heteroatoms. The van der Waals surface area contributed by atoms with Gasteiger partial charge in [0.15, 0.2) is 0 Å². The number of rotatable bonds is 3. The highest BCUT2D eigenvalue weighted by molar-refractivity contribution is 5.86. The number of hydrogen-bond donors (Lipinski definition) is 2. The summed E-state index contributed by atoms with van der Waals surface area (Å²) in [6, 6.07) is 6.32. The van der Waals surface area contributed by atoms with Crippen LogP contribution in [0.15, 0.2) is 24.3 Å². The zero-order chi connectivity index (χ0) is 19.5. The predicted molar refractivity (Wildman–Crippen MR) is 98.3 cm³/mol. The quantitative estimate of drug-likeness (QED) is 0.812. The lowest BCUT2D eigenvalue weighted by molar-refractivity contribution is -0.126. The van der Waals surface area contributed by atoms with Gasteiger partial charge >= 0.3 is 6.09 Å². The molecule has 2 N–H and O–H groups in total. The van der Waals surface area contributed by atoms with E-state index in [1.165, 1.54) is 4.90 Å². The van der Waals surface area contributed by atoms with Crippen LogP contribution in [0, 0.1) is 12.3 Å². The van der Waals surface area contributed by atoms with Crippen LogP contribution >= 0.6 is 0 Å². The minimum Gasteiger partial charge on any atom is -0.444 e. The second kappa shape index (κ2) is 7.79. The van der Waals surface area contributed by atoms with Crippen molar-refractivity contribution in [1.29, 1.82) is 0 Å². The lowest BCUT2D eigenvalue weighted by Crippen LogP contribution is -2.48. The van der Waals surface area contributed by atoms with Crippen LogP contribution in [0.25, 0.3) is 0 Å². The predicted octanol–water partition coefficient (Wildman–Crippen LogP) is 2.22. The first-order valence-electron chi connectivity index (χ1n) is 8.65. The number of amides is 2. The summed E-state index contributed by atoms with van der Waals surface area (Å²) in [6.07, 6.45) is 4.19. The Morgan fingerprint density at radius 2 is 1.96 bits per heavy atom. The van der Waals surface area contributed by atoms with E-state index in [0.717, 1.165) is 11.1 Å². The molecule has 1 aliphatic rings. The molecule has 6 nitrogen and oxygen atoms in total. The van der Waals surface area contributed by atoms with Crippen LogP contribution in [0.2, 0.25) is 0 Å². The summed E-state index contributed by atoms with van der Waals surface area (Å²) >= 11 is 0. The largest absolute Gasteiger partial charge is 0.444 e. The van der Waals surface area contributed by atoms with E-state index in [9.17, 15) is 14.7 Å². The molecular formula is C20H26N2O4. The van der Waals surface area contributed by atoms with E-state index in [0.29, 0.717) is 0 Å². The molecule has 1 aromatic rings. The number of likely N-dealkylation sites (tertiary alicyclic amines) is 1. The van der Waals surface area contributed by atoms with Crippen molar-refractivity contribution in [1.82, 2.24) is 10.2 Å². The van der Waals surface area contributed by atoms with Crippen molar-refractivity contribution in [2.75, 3.05) is 6.54 Å². The number of carbonyl (C=O) groups is 2. The monoisotopic (exact) mass is 358 g/mol. The number of β-amino-alcohol motifs (C(OH)–C–C–N with tert-alkyl or cyclic N) is 1. The molecule has 1 heterocycles. The highest BCUT2D eigenvalue weighted by atomic mass is 16.6. The van der Waals surface area contributed by atoms with E-state index >= 15 is 0 Å². The van der Waals surface area contributed by atoms with E-state index in [2.05, 4.69) is 11.2 Å². The van der Waals surface area contributed by atoms with Crippen LogP contribution in [0.1, 0.15) is 51.3 Å². The molecule has 1 aliphatic heterocycles. The van der Waals surface area contributed by atoms with E-state index in [4.69, 9.17) is 11.2 Å². The van der Waals surface area contributed by atoms with Gasteiger partial charge < -0.3 is 15.2 Å². The molecule has 3 atom stereocenters. The summed E-state index contributed by atoms with van der Waals surface area (Å²) in [7, 11) is 0. The van der Waals surface area contributed by atoms with Gasteiger partial charge in [0.05, 0.1) is 18.7 Å². The molecule has 0 aromatic heterocycles. The maximum absolute atomic E-state index is 12.7. The van der Waals surface area contributed by atoms with E-state index in [1.807, 2.05) is 31.2 Å². The van der Waals surface area contributed by atoms with Gasteiger partial charge in [-0.25, -0.2) is 4.79 Å². The molecule has 0 spiro atoms. The summed E-state index contributed by atoms with van der Waals surface area (Å²) in [6.45, 7) is 7.21. The average molecular weight is 358 g/mol. The summed E-state index contributed by atoms with van der Waals surface area (Å²) in [5, 5.41) is 12.8. The van der Waals surface area contributed by atoms with Crippen LogP contribution in [0.3, 0.4) is 0 Å². The SMILES string of the molecule is C#Cc1ccc(C(C)NC(=O)C2CC(O)CN2C(=O)OC(C)(C)C)cc1. The first kappa shape index (κ1) is 19.8. The fraction of sp³-hybridized carbons (Fsp3) is 0.500. The second-order valence-corrected chi connectivity index (χ2v) is 7.53. The third kappa shape index (κ3) is 4.99. The summed E-state index contributed by atoms with van der Waals surface area (Å²) in [5.74, 6) is 2.23. The maximum atomic E-state index is 12.7. The van der Waals surface area contributed by atoms with Crippen LogP contribution in [-0.4, -0.2) is 46.3 Å². The summed E-state index contributed by atoms with van der Waals surface area (Å²) in [5.41, 5.74) is 1.000. The molecule has 3 unspecified atom stereocenters. The van der Waals surface area contributed by atoms with Gasteiger partial charge in [0, 0.05) is 12.0 Å². The van der Waals surface area contributed by atoms with Crippen molar-refractivity contribution < 1.29 is 19.4 Å². The van der Waals surface area contributed by atoms with Gasteiger partial charge in [-0.05, 0) is 45.4 Å². The lowest BCUT2D eigenvalue weighted by Gasteiger charge is -2.28. The number of nitrogens with one attached hydrogen (secondary N) is 1. The molecule has 0 aliphatic carbocycles. The second-order valence-electron chi connectivity index (χ2n) is 7.53. The summed E-state index contributed by atoms with van der Waals surface area (Å²) in [4.78, 5) is 26.3. The molecule has 2 rings (SSSR count). The van der Waals surface area contributed by atoms with Gasteiger partial charge in [-0.1, -0.05) is 18.1 Å². The molecule has 1 saturated heterocycles. The normalized spacial score (nSPS) is 21.0. The van der Waals surface area contributed by atoms with E-state index in [-0.39, 0.29) is 24.9 Å². The first-order chi connectivity index (χ1) is 12.1. The van der Waals surface area contributed by atoms with Crippen LogP contribution in [0.4, 0.5) is 4.79 Å². The molecule has 2 amide bonds. The maximum Gasteiger partial charge on any atom is 0.411 e. The number of nitrogens with zero attached hydrogens (tertiary/aromatic N) is 1. The molecule has 26 heavy (non-hydrogen) atoms. The lowest BCUT2D eigenvalue weighted by atomic mass is 10.1. The molecule has 0 saturated carbocycles. The van der Waals surface area contributed by atoms with Crippen molar-refractivity contribution in [3.8, 4) is 12.3 Å². The van der Waals surface area contributed by atoms with Gasteiger partial charge in [0.1, 0.15) is 11.6 Å². The Kier molecular flexibility index (Phi) is 5.94. The van der Waals surface area contributed by atoms with Crippen molar-refractivity contribution in [3.05, 3.63) is 35.4 Å². The Bertz CT molecular complexity index is 700. The molecular weight excluding hydrogens is 332 g/mol. The fourth-order valence-electron chi connectivity index (χ4n) is 2.85. The number of hydrogen-bond acceptors (Lipinski definition) is 4. The number of carbonyl (C=O) groups excluding carboxylic acids is 2. The zero-order valence-corrected chi connectivity index (χ0v) is 15.7. The molecule has 140 valence electrons. The standard InChI is InChI=1S/C20H26N2O4/c1-6-14-7-9-15(10-8-14)13(2)21-18(24)17-11-16(23)12-22(17)19(25)26-20(3,4)5/h1,7-10,13,16-17,23H,11-12H2,2-5H3,(H,21,24). The van der Waals surface area contributed by atoms with E-state index < -0.39 is 23.8 Å². The van der Waals surface area contributed by atoms with Gasteiger partial charge in [-0.2, -0.15) is 0 Å². The average Bonchev–Trinajstić information content (AvgIpc) is 2.95.